The Balaban J connectivity index is 1.84. The molecule has 0 saturated carbocycles. The van der Waals surface area contributed by atoms with Crippen molar-refractivity contribution in [1.82, 2.24) is 15.1 Å². The van der Waals surface area contributed by atoms with E-state index in [0.29, 0.717) is 32.6 Å². The quantitative estimate of drug-likeness (QED) is 0.228. The molecular weight excluding hydrogens is 571 g/mol. The molecule has 174 valence electrons. The predicted octanol–water partition coefficient (Wildman–Crippen LogP) is 3.05. The van der Waals surface area contributed by atoms with Gasteiger partial charge in [0.2, 0.25) is 0 Å². The molecule has 0 fully saturated rings. The summed E-state index contributed by atoms with van der Waals surface area (Å²) in [4.78, 5) is 24.8. The Morgan fingerprint density at radius 1 is 1.21 bits per heavy atom. The standard InChI is InChI=1S/C23H19IN4O5S/c24-12-15(6-4-10-25)26-22(29)14-5-3-7-16(11-14)28-21-17-8-1-2-9-19(17)34(32,33)13-18(21)20(27-28)23(30)31/h1-11H,12-13,25H2,(H,26,29)(H,30,31)/b10-4-,15-6+. The zero-order valence-electron chi connectivity index (χ0n) is 17.6. The van der Waals surface area contributed by atoms with Gasteiger partial charge in [-0.1, -0.05) is 46.9 Å². The first-order chi connectivity index (χ1) is 16.3. The number of nitrogens with two attached hydrogens (primary N) is 1. The van der Waals surface area contributed by atoms with E-state index in [2.05, 4.69) is 33.0 Å². The average molecular weight is 590 g/mol. The van der Waals surface area contributed by atoms with E-state index < -0.39 is 21.6 Å². The van der Waals surface area contributed by atoms with Gasteiger partial charge in [0.15, 0.2) is 15.5 Å². The normalized spacial score (nSPS) is 14.4. The van der Waals surface area contributed by atoms with Crippen LogP contribution >= 0.6 is 22.6 Å². The van der Waals surface area contributed by atoms with Crippen LogP contribution in [0.25, 0.3) is 16.9 Å². The highest BCUT2D eigenvalue weighted by Gasteiger charge is 2.35. The van der Waals surface area contributed by atoms with Crippen LogP contribution in [0.3, 0.4) is 0 Å². The third-order valence-corrected chi connectivity index (χ3v) is 7.69. The lowest BCUT2D eigenvalue weighted by Gasteiger charge is -2.19. The summed E-state index contributed by atoms with van der Waals surface area (Å²) in [5, 5.41) is 16.7. The van der Waals surface area contributed by atoms with Crippen molar-refractivity contribution in [2.24, 2.45) is 5.73 Å². The molecule has 0 unspecified atom stereocenters. The molecule has 9 nitrogen and oxygen atoms in total. The monoisotopic (exact) mass is 590 g/mol. The van der Waals surface area contributed by atoms with Crippen LogP contribution in [0.4, 0.5) is 0 Å². The summed E-state index contributed by atoms with van der Waals surface area (Å²) in [5.74, 6) is -2.17. The molecule has 1 aromatic heterocycles. The molecule has 3 aromatic rings. The fraction of sp³-hybridized carbons (Fsp3) is 0.0870. The van der Waals surface area contributed by atoms with E-state index in [4.69, 9.17) is 5.73 Å². The number of hydrogen-bond acceptors (Lipinski definition) is 6. The number of hydrogen-bond donors (Lipinski definition) is 3. The van der Waals surface area contributed by atoms with Gasteiger partial charge in [-0.2, -0.15) is 5.10 Å². The van der Waals surface area contributed by atoms with Gasteiger partial charge in [0.1, 0.15) is 0 Å². The van der Waals surface area contributed by atoms with Crippen molar-refractivity contribution in [3.63, 3.8) is 0 Å². The Labute approximate surface area is 209 Å². The molecule has 34 heavy (non-hydrogen) atoms. The maximum Gasteiger partial charge on any atom is 0.356 e. The lowest BCUT2D eigenvalue weighted by atomic mass is 10.1. The minimum atomic E-state index is -3.73. The molecule has 2 aromatic carbocycles. The van der Waals surface area contributed by atoms with Gasteiger partial charge in [-0.05, 0) is 42.6 Å². The summed E-state index contributed by atoms with van der Waals surface area (Å²) in [5.41, 5.74) is 7.27. The van der Waals surface area contributed by atoms with Crippen molar-refractivity contribution >= 4 is 44.3 Å². The number of amides is 1. The topological polar surface area (TPSA) is 144 Å². The van der Waals surface area contributed by atoms with Crippen LogP contribution in [-0.4, -0.2) is 39.6 Å². The number of halogens is 1. The predicted molar refractivity (Wildman–Crippen MR) is 135 cm³/mol. The lowest BCUT2D eigenvalue weighted by molar-refractivity contribution is 0.0688. The number of carbonyl (C=O) groups excluding carboxylic acids is 1. The largest absolute Gasteiger partial charge is 0.476 e. The Bertz CT molecular complexity index is 1470. The first-order valence-electron chi connectivity index (χ1n) is 9.99. The minimum absolute atomic E-state index is 0.110. The number of sulfone groups is 1. The van der Waals surface area contributed by atoms with Gasteiger partial charge in [-0.15, -0.1) is 0 Å². The van der Waals surface area contributed by atoms with Crippen LogP contribution in [-0.2, 0) is 15.6 Å². The fourth-order valence-electron chi connectivity index (χ4n) is 3.71. The van der Waals surface area contributed by atoms with Gasteiger partial charge in [0.25, 0.3) is 5.91 Å². The number of nitrogens with zero attached hydrogens (tertiary/aromatic N) is 2. The lowest BCUT2D eigenvalue weighted by Crippen LogP contribution is -2.23. The van der Waals surface area contributed by atoms with Crippen LogP contribution < -0.4 is 11.1 Å². The number of aromatic nitrogens is 2. The smallest absolute Gasteiger partial charge is 0.356 e. The third-order valence-electron chi connectivity index (χ3n) is 5.18. The highest BCUT2D eigenvalue weighted by molar-refractivity contribution is 14.1. The summed E-state index contributed by atoms with van der Waals surface area (Å²) < 4.78 is 27.5. The number of benzene rings is 2. The van der Waals surface area contributed by atoms with Gasteiger partial charge >= 0.3 is 5.97 Å². The van der Waals surface area contributed by atoms with E-state index in [1.807, 2.05) is 0 Å². The van der Waals surface area contributed by atoms with Gasteiger partial charge in [0.05, 0.1) is 22.0 Å². The van der Waals surface area contributed by atoms with Crippen molar-refractivity contribution in [3.05, 3.63) is 89.4 Å². The number of alkyl halides is 1. The average Bonchev–Trinajstić information content (AvgIpc) is 3.20. The first-order valence-corrected chi connectivity index (χ1v) is 13.2. The Hall–Kier alpha value is -3.45. The molecule has 0 saturated heterocycles. The van der Waals surface area contributed by atoms with Crippen LogP contribution in [0.15, 0.2) is 77.5 Å². The summed E-state index contributed by atoms with van der Waals surface area (Å²) in [6, 6.07) is 12.9. The van der Waals surface area contributed by atoms with E-state index >= 15 is 0 Å². The number of carbonyl (C=O) groups is 2. The van der Waals surface area contributed by atoms with Gasteiger partial charge in [0, 0.05) is 26.8 Å². The molecule has 4 N–H and O–H groups in total. The van der Waals surface area contributed by atoms with Crippen LogP contribution in [0.5, 0.6) is 0 Å². The maximum absolute atomic E-state index is 12.8. The van der Waals surface area contributed by atoms with Crippen LogP contribution in [0.2, 0.25) is 0 Å². The highest BCUT2D eigenvalue weighted by Crippen LogP contribution is 2.40. The maximum atomic E-state index is 12.8. The van der Waals surface area contributed by atoms with E-state index in [9.17, 15) is 23.1 Å². The van der Waals surface area contributed by atoms with Gasteiger partial charge in [-0.3, -0.25) is 4.79 Å². The SMILES string of the molecule is N/C=C\C=C(/CI)NC(=O)c1cccc(-n2nc(C(=O)O)c3c2-c2ccccc2S(=O)(=O)C3)c1. The summed E-state index contributed by atoms with van der Waals surface area (Å²) in [7, 11) is -3.73. The summed E-state index contributed by atoms with van der Waals surface area (Å²) in [6.45, 7) is 0. The number of fused-ring (bicyclic) bond motifs is 3. The molecule has 1 aliphatic heterocycles. The molecule has 11 heteroatoms. The number of carboxylic acids is 1. The number of rotatable bonds is 6. The van der Waals surface area contributed by atoms with Gasteiger partial charge < -0.3 is 16.2 Å². The minimum Gasteiger partial charge on any atom is -0.476 e. The van der Waals surface area contributed by atoms with Crippen molar-refractivity contribution in [1.29, 1.82) is 0 Å². The van der Waals surface area contributed by atoms with E-state index in [-0.39, 0.29) is 22.1 Å². The van der Waals surface area contributed by atoms with E-state index in [1.165, 1.54) is 16.9 Å². The molecule has 0 radical (unpaired) electrons. The zero-order valence-corrected chi connectivity index (χ0v) is 20.6. The van der Waals surface area contributed by atoms with Crippen LogP contribution in [0, 0.1) is 0 Å². The molecule has 0 spiro atoms. The molecule has 0 atom stereocenters. The number of nitrogens with one attached hydrogen (secondary N) is 1. The zero-order chi connectivity index (χ0) is 24.5. The molecule has 1 amide bonds. The number of allylic oxidation sites excluding steroid dienone is 3. The molecule has 1 aliphatic rings. The second-order valence-electron chi connectivity index (χ2n) is 7.36. The molecule has 0 bridgehead atoms. The van der Waals surface area contributed by atoms with E-state index in [1.54, 1.807) is 54.6 Å². The van der Waals surface area contributed by atoms with Crippen molar-refractivity contribution in [3.8, 4) is 16.9 Å². The van der Waals surface area contributed by atoms with E-state index in [0.717, 1.165) is 0 Å². The summed E-state index contributed by atoms with van der Waals surface area (Å²) in [6.07, 6.45) is 4.66. The highest BCUT2D eigenvalue weighted by atomic mass is 127. The van der Waals surface area contributed by atoms with Gasteiger partial charge in [-0.25, -0.2) is 17.9 Å². The molecule has 2 heterocycles. The number of carboxylic acid groups (broad SMARTS) is 1. The van der Waals surface area contributed by atoms with Crippen molar-refractivity contribution in [2.75, 3.05) is 4.43 Å². The Morgan fingerprint density at radius 3 is 2.68 bits per heavy atom. The molecular formula is C23H19IN4O5S. The number of aromatic carboxylic acids is 1. The molecule has 0 aliphatic carbocycles. The van der Waals surface area contributed by atoms with Crippen molar-refractivity contribution < 1.29 is 23.1 Å². The fourth-order valence-corrected chi connectivity index (χ4v) is 5.75. The Kier molecular flexibility index (Phi) is 6.57. The second-order valence-corrected chi connectivity index (χ2v) is 10.1. The Morgan fingerprint density at radius 2 is 1.97 bits per heavy atom. The van der Waals surface area contributed by atoms with Crippen molar-refractivity contribution in [2.45, 2.75) is 10.6 Å². The van der Waals surface area contributed by atoms with Crippen LogP contribution in [0.1, 0.15) is 26.4 Å². The first kappa shape index (κ1) is 23.7. The summed E-state index contributed by atoms with van der Waals surface area (Å²) >= 11 is 2.12. The second kappa shape index (κ2) is 9.43. The third kappa shape index (κ3) is 4.35. The molecule has 4 rings (SSSR count).